The van der Waals surface area contributed by atoms with E-state index in [0.717, 1.165) is 5.57 Å². The standard InChI is InChI=1S/C19H24O6/c1-7-5-10(20)16(23)18(3)9(7)6-11(21)19(4)12-8(2)14(25-17(12)24)13(22)15(18)19/h5,8-9,12-16,22-23H,6H2,1-4H3/t8?,9-,12+,13-,14+,15+,16+,18-,19-/m0/s1. The first-order valence-electron chi connectivity index (χ1n) is 8.88. The second kappa shape index (κ2) is 4.80. The third kappa shape index (κ3) is 1.70. The molecule has 0 amide bonds. The van der Waals surface area contributed by atoms with Crippen molar-refractivity contribution < 1.29 is 29.3 Å². The van der Waals surface area contributed by atoms with Crippen LogP contribution >= 0.6 is 0 Å². The molecule has 3 aliphatic carbocycles. The summed E-state index contributed by atoms with van der Waals surface area (Å²) in [5, 5.41) is 21.9. The zero-order valence-corrected chi connectivity index (χ0v) is 14.9. The number of ketones is 2. The summed E-state index contributed by atoms with van der Waals surface area (Å²) >= 11 is 0. The summed E-state index contributed by atoms with van der Waals surface area (Å²) in [7, 11) is 0. The Kier molecular flexibility index (Phi) is 3.24. The Morgan fingerprint density at radius 3 is 2.48 bits per heavy atom. The Morgan fingerprint density at radius 2 is 1.84 bits per heavy atom. The van der Waals surface area contributed by atoms with Crippen LogP contribution in [0.15, 0.2) is 11.6 Å². The molecule has 6 nitrogen and oxygen atoms in total. The minimum absolute atomic E-state index is 0.0949. The maximum atomic E-state index is 13.2. The maximum Gasteiger partial charge on any atom is 0.310 e. The molecule has 1 heterocycles. The van der Waals surface area contributed by atoms with Gasteiger partial charge in [-0.05, 0) is 18.9 Å². The van der Waals surface area contributed by atoms with Crippen molar-refractivity contribution in [2.24, 2.45) is 34.5 Å². The second-order valence-corrected chi connectivity index (χ2v) is 8.73. The van der Waals surface area contributed by atoms with Gasteiger partial charge in [0, 0.05) is 29.1 Å². The molecule has 1 aliphatic heterocycles. The van der Waals surface area contributed by atoms with Gasteiger partial charge in [0.25, 0.3) is 0 Å². The van der Waals surface area contributed by atoms with E-state index >= 15 is 0 Å². The Labute approximate surface area is 146 Å². The molecule has 0 spiro atoms. The molecule has 0 aromatic carbocycles. The van der Waals surface area contributed by atoms with Crippen molar-refractivity contribution in [3.05, 3.63) is 11.6 Å². The molecule has 1 unspecified atom stereocenters. The minimum Gasteiger partial charge on any atom is -0.459 e. The predicted molar refractivity (Wildman–Crippen MR) is 86.1 cm³/mol. The van der Waals surface area contributed by atoms with Crippen LogP contribution in [0.2, 0.25) is 0 Å². The maximum absolute atomic E-state index is 13.2. The van der Waals surface area contributed by atoms with Gasteiger partial charge >= 0.3 is 5.97 Å². The van der Waals surface area contributed by atoms with E-state index in [4.69, 9.17) is 4.74 Å². The molecule has 6 heteroatoms. The van der Waals surface area contributed by atoms with Crippen molar-refractivity contribution in [3.63, 3.8) is 0 Å². The molecule has 1 saturated heterocycles. The Bertz CT molecular complexity index is 725. The summed E-state index contributed by atoms with van der Waals surface area (Å²) in [5.41, 5.74) is -1.41. The Hall–Kier alpha value is -1.53. The smallest absolute Gasteiger partial charge is 0.310 e. The van der Waals surface area contributed by atoms with Gasteiger partial charge < -0.3 is 14.9 Å². The topological polar surface area (TPSA) is 101 Å². The number of ether oxygens (including phenoxy) is 1. The molecule has 2 N–H and O–H groups in total. The van der Waals surface area contributed by atoms with E-state index < -0.39 is 52.7 Å². The van der Waals surface area contributed by atoms with Gasteiger partial charge in [0.05, 0.1) is 12.0 Å². The third-order valence-corrected chi connectivity index (χ3v) is 7.71. The average Bonchev–Trinajstić information content (AvgIpc) is 2.78. The van der Waals surface area contributed by atoms with Crippen LogP contribution in [0.1, 0.15) is 34.1 Å². The molecular formula is C19H24O6. The average molecular weight is 348 g/mol. The van der Waals surface area contributed by atoms with E-state index in [2.05, 4.69) is 0 Å². The number of hydrogen-bond donors (Lipinski definition) is 2. The van der Waals surface area contributed by atoms with Crippen molar-refractivity contribution in [2.75, 3.05) is 0 Å². The second-order valence-electron chi connectivity index (χ2n) is 8.73. The molecule has 2 bridgehead atoms. The lowest BCUT2D eigenvalue weighted by atomic mass is 9.40. The fourth-order valence-corrected chi connectivity index (χ4v) is 6.55. The Morgan fingerprint density at radius 1 is 1.20 bits per heavy atom. The van der Waals surface area contributed by atoms with Gasteiger partial charge in [0.1, 0.15) is 18.0 Å². The highest BCUT2D eigenvalue weighted by Gasteiger charge is 2.74. The third-order valence-electron chi connectivity index (χ3n) is 7.71. The highest BCUT2D eigenvalue weighted by Crippen LogP contribution is 2.66. The van der Waals surface area contributed by atoms with Gasteiger partial charge in [-0.15, -0.1) is 0 Å². The number of aliphatic hydroxyl groups excluding tert-OH is 2. The predicted octanol–water partition coefficient (Wildman–Crippen LogP) is 0.646. The first-order valence-corrected chi connectivity index (χ1v) is 8.88. The minimum atomic E-state index is -1.31. The largest absolute Gasteiger partial charge is 0.459 e. The Balaban J connectivity index is 1.96. The van der Waals surface area contributed by atoms with Crippen molar-refractivity contribution >= 4 is 17.5 Å². The van der Waals surface area contributed by atoms with E-state index in [9.17, 15) is 24.6 Å². The number of esters is 1. The van der Waals surface area contributed by atoms with Crippen LogP contribution in [-0.2, 0) is 19.1 Å². The number of aliphatic hydroxyl groups is 2. The zero-order valence-electron chi connectivity index (χ0n) is 14.9. The number of fused-ring (bicyclic) bond motifs is 6. The highest BCUT2D eigenvalue weighted by molar-refractivity contribution is 5.98. The number of hydrogen-bond acceptors (Lipinski definition) is 6. The summed E-state index contributed by atoms with van der Waals surface area (Å²) in [6.45, 7) is 7.09. The first-order chi connectivity index (χ1) is 11.6. The molecule has 0 radical (unpaired) electrons. The fraction of sp³-hybridized carbons (Fsp3) is 0.737. The van der Waals surface area contributed by atoms with Gasteiger partial charge in [-0.3, -0.25) is 14.4 Å². The number of Topliss-reactive ketones (excluding diaryl/α,β-unsaturated/α-hetero) is 1. The van der Waals surface area contributed by atoms with Gasteiger partial charge in [0.2, 0.25) is 0 Å². The van der Waals surface area contributed by atoms with Crippen LogP contribution < -0.4 is 0 Å². The van der Waals surface area contributed by atoms with Crippen LogP contribution in [0.3, 0.4) is 0 Å². The fourth-order valence-electron chi connectivity index (χ4n) is 6.55. The molecule has 4 rings (SSSR count). The van der Waals surface area contributed by atoms with E-state index in [-0.39, 0.29) is 24.0 Å². The van der Waals surface area contributed by atoms with Gasteiger partial charge in [-0.25, -0.2) is 0 Å². The zero-order chi connectivity index (χ0) is 18.5. The lowest BCUT2D eigenvalue weighted by Gasteiger charge is -2.62. The van der Waals surface area contributed by atoms with Crippen LogP contribution in [0, 0.1) is 34.5 Å². The normalized spacial score (nSPS) is 54.6. The number of carbonyl (C=O) groups is 3. The van der Waals surface area contributed by atoms with Crippen molar-refractivity contribution in [3.8, 4) is 0 Å². The van der Waals surface area contributed by atoms with E-state index in [1.165, 1.54) is 6.08 Å². The molecule has 0 aromatic rings. The monoisotopic (exact) mass is 348 g/mol. The highest BCUT2D eigenvalue weighted by atomic mass is 16.6. The van der Waals surface area contributed by atoms with Gasteiger partial charge in [-0.1, -0.05) is 26.3 Å². The molecule has 3 fully saturated rings. The van der Waals surface area contributed by atoms with E-state index in [1.807, 2.05) is 6.92 Å². The van der Waals surface area contributed by atoms with E-state index in [1.54, 1.807) is 20.8 Å². The van der Waals surface area contributed by atoms with Gasteiger partial charge in [-0.2, -0.15) is 0 Å². The molecule has 25 heavy (non-hydrogen) atoms. The molecule has 9 atom stereocenters. The number of rotatable bonds is 0. The summed E-state index contributed by atoms with van der Waals surface area (Å²) in [6.07, 6.45) is -1.54. The summed E-state index contributed by atoms with van der Waals surface area (Å²) < 4.78 is 5.41. The molecule has 2 saturated carbocycles. The lowest BCUT2D eigenvalue weighted by Crippen LogP contribution is -2.70. The van der Waals surface area contributed by atoms with Crippen molar-refractivity contribution in [2.45, 2.75) is 52.4 Å². The van der Waals surface area contributed by atoms with Crippen LogP contribution in [0.25, 0.3) is 0 Å². The SMILES string of the molecule is CC1=CC(=O)[C@@H](O)[C@@]2(C)[C@H]1CC(=O)[C@@]1(C)[C@H]3C(=O)O[C@H](C3C)[C@H](O)[C@@H]12. The van der Waals surface area contributed by atoms with Crippen LogP contribution in [0.4, 0.5) is 0 Å². The lowest BCUT2D eigenvalue weighted by molar-refractivity contribution is -0.208. The molecule has 4 aliphatic rings. The van der Waals surface area contributed by atoms with Gasteiger partial charge in [0.15, 0.2) is 5.78 Å². The number of allylic oxidation sites excluding steroid dienone is 1. The summed E-state index contributed by atoms with van der Waals surface area (Å²) in [6, 6.07) is 0. The van der Waals surface area contributed by atoms with Crippen LogP contribution in [-0.4, -0.2) is 46.1 Å². The van der Waals surface area contributed by atoms with E-state index in [0.29, 0.717) is 0 Å². The molecular weight excluding hydrogens is 324 g/mol. The van der Waals surface area contributed by atoms with Crippen molar-refractivity contribution in [1.29, 1.82) is 0 Å². The van der Waals surface area contributed by atoms with Crippen LogP contribution in [0.5, 0.6) is 0 Å². The summed E-state index contributed by atoms with van der Waals surface area (Å²) in [4.78, 5) is 38.0. The molecule has 136 valence electrons. The number of carbonyl (C=O) groups excluding carboxylic acids is 3. The summed E-state index contributed by atoms with van der Waals surface area (Å²) in [5.74, 6) is -2.93. The first kappa shape index (κ1) is 16.9. The molecule has 0 aromatic heterocycles. The quantitative estimate of drug-likeness (QED) is 0.623. The van der Waals surface area contributed by atoms with Crippen molar-refractivity contribution in [1.82, 2.24) is 0 Å².